The van der Waals surface area contributed by atoms with Gasteiger partial charge in [0.2, 0.25) is 5.91 Å². The summed E-state index contributed by atoms with van der Waals surface area (Å²) >= 11 is 0. The van der Waals surface area contributed by atoms with Gasteiger partial charge in [-0.05, 0) is 36.0 Å². The molecule has 2 rings (SSSR count). The van der Waals surface area contributed by atoms with Crippen molar-refractivity contribution in [3.63, 3.8) is 0 Å². The number of rotatable bonds is 7. The highest BCUT2D eigenvalue weighted by Gasteiger charge is 2.30. The van der Waals surface area contributed by atoms with Crippen molar-refractivity contribution >= 4 is 15.7 Å². The number of nitrogens with one attached hydrogen (secondary N) is 1. The SMILES string of the molecule is CCC(CC)C(CC(=O)NC1CCS(=O)(=O)C1)c1ccc(F)cc1. The Morgan fingerprint density at radius 2 is 1.88 bits per heavy atom. The van der Waals surface area contributed by atoms with Crippen molar-refractivity contribution < 1.29 is 17.6 Å². The lowest BCUT2D eigenvalue weighted by Gasteiger charge is -2.26. The van der Waals surface area contributed by atoms with Crippen LogP contribution < -0.4 is 5.32 Å². The summed E-state index contributed by atoms with van der Waals surface area (Å²) in [5, 5.41) is 2.86. The Kier molecular flexibility index (Phi) is 6.38. The molecule has 1 N–H and O–H groups in total. The zero-order valence-electron chi connectivity index (χ0n) is 14.3. The lowest BCUT2D eigenvalue weighted by Crippen LogP contribution is -2.37. The van der Waals surface area contributed by atoms with Gasteiger partial charge in [0.1, 0.15) is 5.82 Å². The summed E-state index contributed by atoms with van der Waals surface area (Å²) in [4.78, 5) is 12.4. The van der Waals surface area contributed by atoms with E-state index in [0.29, 0.717) is 18.8 Å². The van der Waals surface area contributed by atoms with Crippen molar-refractivity contribution in [1.82, 2.24) is 5.32 Å². The fourth-order valence-corrected chi connectivity index (χ4v) is 5.19. The van der Waals surface area contributed by atoms with Crippen molar-refractivity contribution in [3.05, 3.63) is 35.6 Å². The summed E-state index contributed by atoms with van der Waals surface area (Å²) in [6.07, 6.45) is 2.65. The minimum atomic E-state index is -3.01. The Morgan fingerprint density at radius 3 is 2.38 bits per heavy atom. The molecule has 0 aliphatic carbocycles. The van der Waals surface area contributed by atoms with E-state index >= 15 is 0 Å². The van der Waals surface area contributed by atoms with Crippen LogP contribution in [0, 0.1) is 11.7 Å². The standard InChI is InChI=1S/C18H26FNO3S/c1-3-13(4-2)17(14-5-7-15(19)8-6-14)11-18(21)20-16-9-10-24(22,23)12-16/h5-8,13,16-17H,3-4,9-12H2,1-2H3,(H,20,21). The van der Waals surface area contributed by atoms with Gasteiger partial charge in [0.15, 0.2) is 9.84 Å². The van der Waals surface area contributed by atoms with Crippen molar-refractivity contribution in [1.29, 1.82) is 0 Å². The van der Waals surface area contributed by atoms with Crippen LogP contribution in [0.1, 0.15) is 51.0 Å². The third-order valence-corrected chi connectivity index (χ3v) is 6.69. The third-order valence-electron chi connectivity index (χ3n) is 4.92. The fourth-order valence-electron chi connectivity index (χ4n) is 3.52. The topological polar surface area (TPSA) is 63.2 Å². The maximum Gasteiger partial charge on any atom is 0.220 e. The molecule has 0 saturated carbocycles. The van der Waals surface area contributed by atoms with E-state index in [2.05, 4.69) is 19.2 Å². The van der Waals surface area contributed by atoms with Crippen LogP contribution in [0.25, 0.3) is 0 Å². The van der Waals surface area contributed by atoms with E-state index in [-0.39, 0.29) is 35.2 Å². The minimum Gasteiger partial charge on any atom is -0.352 e. The molecule has 0 bridgehead atoms. The van der Waals surface area contributed by atoms with Gasteiger partial charge < -0.3 is 5.32 Å². The van der Waals surface area contributed by atoms with E-state index < -0.39 is 9.84 Å². The quantitative estimate of drug-likeness (QED) is 0.818. The van der Waals surface area contributed by atoms with Gasteiger partial charge >= 0.3 is 0 Å². The molecule has 1 aromatic rings. The molecule has 134 valence electrons. The number of halogens is 1. The maximum absolute atomic E-state index is 13.2. The van der Waals surface area contributed by atoms with E-state index in [1.54, 1.807) is 12.1 Å². The zero-order valence-corrected chi connectivity index (χ0v) is 15.1. The molecular weight excluding hydrogens is 329 g/mol. The average molecular weight is 355 g/mol. The summed E-state index contributed by atoms with van der Waals surface area (Å²) < 4.78 is 36.2. The van der Waals surface area contributed by atoms with E-state index in [1.807, 2.05) is 0 Å². The predicted octanol–water partition coefficient (Wildman–Crippen LogP) is 3.04. The van der Waals surface area contributed by atoms with Crippen LogP contribution >= 0.6 is 0 Å². The largest absolute Gasteiger partial charge is 0.352 e. The zero-order chi connectivity index (χ0) is 17.7. The Bertz CT molecular complexity index is 653. The molecule has 6 heteroatoms. The summed E-state index contributed by atoms with van der Waals surface area (Å²) in [5.41, 5.74) is 0.958. The first-order valence-electron chi connectivity index (χ1n) is 8.59. The number of amides is 1. The molecule has 0 aromatic heterocycles. The highest BCUT2D eigenvalue weighted by molar-refractivity contribution is 7.91. The van der Waals surface area contributed by atoms with Crippen LogP contribution in [0.5, 0.6) is 0 Å². The van der Waals surface area contributed by atoms with E-state index in [0.717, 1.165) is 18.4 Å². The van der Waals surface area contributed by atoms with E-state index in [1.165, 1.54) is 12.1 Å². The lowest BCUT2D eigenvalue weighted by atomic mass is 9.80. The maximum atomic E-state index is 13.2. The van der Waals surface area contributed by atoms with Gasteiger partial charge in [-0.1, -0.05) is 38.8 Å². The molecule has 0 radical (unpaired) electrons. The van der Waals surface area contributed by atoms with Gasteiger partial charge in [-0.25, -0.2) is 12.8 Å². The molecule has 1 aliphatic rings. The second-order valence-corrected chi connectivity index (χ2v) is 8.83. The molecule has 1 saturated heterocycles. The lowest BCUT2D eigenvalue weighted by molar-refractivity contribution is -0.122. The molecule has 1 fully saturated rings. The van der Waals surface area contributed by atoms with Gasteiger partial charge in [0, 0.05) is 12.5 Å². The molecular formula is C18H26FNO3S. The van der Waals surface area contributed by atoms with Crippen molar-refractivity contribution in [3.8, 4) is 0 Å². The summed E-state index contributed by atoms with van der Waals surface area (Å²) in [6, 6.07) is 6.05. The molecule has 1 aliphatic heterocycles. The number of hydrogen-bond acceptors (Lipinski definition) is 3. The second-order valence-electron chi connectivity index (χ2n) is 6.61. The number of benzene rings is 1. The van der Waals surface area contributed by atoms with Crippen LogP contribution in [0.15, 0.2) is 24.3 Å². The van der Waals surface area contributed by atoms with Crippen molar-refractivity contribution in [2.24, 2.45) is 5.92 Å². The highest BCUT2D eigenvalue weighted by atomic mass is 32.2. The van der Waals surface area contributed by atoms with Gasteiger partial charge in [-0.15, -0.1) is 0 Å². The van der Waals surface area contributed by atoms with Gasteiger partial charge in [-0.2, -0.15) is 0 Å². The molecule has 0 spiro atoms. The van der Waals surface area contributed by atoms with Gasteiger partial charge in [0.05, 0.1) is 11.5 Å². The Hall–Kier alpha value is -1.43. The van der Waals surface area contributed by atoms with E-state index in [9.17, 15) is 17.6 Å². The highest BCUT2D eigenvalue weighted by Crippen LogP contribution is 2.33. The first-order chi connectivity index (χ1) is 11.3. The molecule has 1 aromatic carbocycles. The van der Waals surface area contributed by atoms with Gasteiger partial charge in [-0.3, -0.25) is 4.79 Å². The molecule has 4 nitrogen and oxygen atoms in total. The van der Waals surface area contributed by atoms with Crippen LogP contribution in [0.3, 0.4) is 0 Å². The van der Waals surface area contributed by atoms with Crippen LogP contribution in [0.2, 0.25) is 0 Å². The van der Waals surface area contributed by atoms with Crippen molar-refractivity contribution in [2.75, 3.05) is 11.5 Å². The average Bonchev–Trinajstić information content (AvgIpc) is 2.87. The monoisotopic (exact) mass is 355 g/mol. The number of carbonyl (C=O) groups excluding carboxylic acids is 1. The molecule has 1 heterocycles. The van der Waals surface area contributed by atoms with Crippen LogP contribution in [0.4, 0.5) is 4.39 Å². The van der Waals surface area contributed by atoms with E-state index in [4.69, 9.17) is 0 Å². The first kappa shape index (κ1) is 18.9. The third kappa shape index (κ3) is 5.03. The fraction of sp³-hybridized carbons (Fsp3) is 0.611. The molecule has 1 amide bonds. The number of carbonyl (C=O) groups is 1. The van der Waals surface area contributed by atoms with Crippen LogP contribution in [-0.4, -0.2) is 31.9 Å². The molecule has 24 heavy (non-hydrogen) atoms. The Morgan fingerprint density at radius 1 is 1.25 bits per heavy atom. The van der Waals surface area contributed by atoms with Crippen molar-refractivity contribution in [2.45, 2.75) is 51.5 Å². The predicted molar refractivity (Wildman–Crippen MR) is 93.0 cm³/mol. The molecule has 2 atom stereocenters. The normalized spacial score (nSPS) is 20.9. The first-order valence-corrected chi connectivity index (χ1v) is 10.4. The summed E-state index contributed by atoms with van der Waals surface area (Å²) in [6.45, 7) is 4.18. The Labute approximate surface area is 143 Å². The second kappa shape index (κ2) is 8.10. The van der Waals surface area contributed by atoms with Crippen LogP contribution in [-0.2, 0) is 14.6 Å². The minimum absolute atomic E-state index is 0.0126. The van der Waals surface area contributed by atoms with Gasteiger partial charge in [0.25, 0.3) is 0 Å². The summed E-state index contributed by atoms with van der Waals surface area (Å²) in [7, 11) is -3.01. The Balaban J connectivity index is 2.07. The summed E-state index contributed by atoms with van der Waals surface area (Å²) in [5.74, 6) is 0.102. The number of hydrogen-bond donors (Lipinski definition) is 1. The smallest absolute Gasteiger partial charge is 0.220 e. The number of sulfone groups is 1. The molecule has 2 unspecified atom stereocenters.